The Kier molecular flexibility index (Phi) is 18.6. The number of carbonyl (C=O) groups excluding carboxylic acids is 2. The van der Waals surface area contributed by atoms with Crippen molar-refractivity contribution in [2.45, 2.75) is 62.7 Å². The van der Waals surface area contributed by atoms with Gasteiger partial charge in [0.15, 0.2) is 12.4 Å². The largest absolute Gasteiger partial charge is 0.459 e. The van der Waals surface area contributed by atoms with Crippen molar-refractivity contribution >= 4 is 11.9 Å². The third-order valence-electron chi connectivity index (χ3n) is 9.89. The van der Waals surface area contributed by atoms with Crippen molar-refractivity contribution in [1.29, 1.82) is 0 Å². The highest BCUT2D eigenvalue weighted by molar-refractivity contribution is 5.90. The van der Waals surface area contributed by atoms with Gasteiger partial charge < -0.3 is 42.6 Å². The highest BCUT2D eigenvalue weighted by Gasteiger charge is 2.50. The van der Waals surface area contributed by atoms with Crippen molar-refractivity contribution in [3.8, 4) is 0 Å². The minimum atomic E-state index is -1.20. The average molecular weight is 843 g/mol. The summed E-state index contributed by atoms with van der Waals surface area (Å²) in [5.41, 5.74) is 3.53. The summed E-state index contributed by atoms with van der Waals surface area (Å²) < 4.78 is 57.4. The summed E-state index contributed by atoms with van der Waals surface area (Å²) in [7, 11) is 0. The number of rotatable bonds is 26. The maximum absolute atomic E-state index is 13.7. The van der Waals surface area contributed by atoms with Crippen molar-refractivity contribution in [3.05, 3.63) is 205 Å². The SMILES string of the molecule is C=CCOC[C@@H](OCc1ccccc1)[C@@H](OCc1ccccc1)[C@H](CO[C@@H]1O[C@H](COC(=O)c2ccccc2)[C@@H](OCC=C)[C@H]1OC(=O)c1ccccc1)OCc1ccccc1. The van der Waals surface area contributed by atoms with Gasteiger partial charge in [-0.05, 0) is 41.0 Å². The van der Waals surface area contributed by atoms with Gasteiger partial charge in [-0.1, -0.05) is 140 Å². The summed E-state index contributed by atoms with van der Waals surface area (Å²) in [6.07, 6.45) is -3.11. The minimum absolute atomic E-state index is 0.0899. The monoisotopic (exact) mass is 842 g/mol. The Morgan fingerprint density at radius 1 is 0.548 bits per heavy atom. The maximum atomic E-state index is 13.7. The van der Waals surface area contributed by atoms with Crippen LogP contribution in [0.25, 0.3) is 0 Å². The third kappa shape index (κ3) is 14.1. The third-order valence-corrected chi connectivity index (χ3v) is 9.89. The van der Waals surface area contributed by atoms with E-state index >= 15 is 0 Å². The number of hydrogen-bond acceptors (Lipinski definition) is 11. The Morgan fingerprint density at radius 3 is 1.53 bits per heavy atom. The standard InChI is InChI=1S/C51H54O11/c1-3-30-54-35-43(56-32-38-20-10-5-11-21-38)46(58-34-40-24-14-7-15-25-40)44(57-33-39-22-12-6-13-23-39)36-60-51-48(62-50(53)42-28-18-9-19-29-42)47(55-31-4-2)45(61-51)37-59-49(52)41-26-16-8-17-27-41/h3-29,43-48,51H,1-2,30-37H2/t43-,44+,45-,46-,47-,48-,51-/m1/s1. The number of benzene rings is 5. The lowest BCUT2D eigenvalue weighted by atomic mass is 10.1. The molecule has 11 heteroatoms. The van der Waals surface area contributed by atoms with Gasteiger partial charge in [0.2, 0.25) is 0 Å². The first-order chi connectivity index (χ1) is 30.5. The van der Waals surface area contributed by atoms with E-state index in [0.717, 1.165) is 16.7 Å². The Hall–Kier alpha value is -5.76. The number of carbonyl (C=O) groups is 2. The molecule has 0 bridgehead atoms. The Labute approximate surface area is 363 Å². The molecule has 0 unspecified atom stereocenters. The molecule has 0 aromatic heterocycles. The predicted octanol–water partition coefficient (Wildman–Crippen LogP) is 8.34. The summed E-state index contributed by atoms with van der Waals surface area (Å²) in [6.45, 7) is 8.53. The van der Waals surface area contributed by atoms with Crippen LogP contribution in [0, 0.1) is 0 Å². The fourth-order valence-corrected chi connectivity index (χ4v) is 6.76. The molecule has 324 valence electrons. The van der Waals surface area contributed by atoms with Crippen LogP contribution >= 0.6 is 0 Å². The van der Waals surface area contributed by atoms with E-state index in [-0.39, 0.29) is 52.9 Å². The second-order valence-corrected chi connectivity index (χ2v) is 14.4. The topological polar surface area (TPSA) is 117 Å². The van der Waals surface area contributed by atoms with Crippen molar-refractivity contribution in [1.82, 2.24) is 0 Å². The molecule has 1 aliphatic heterocycles. The molecule has 6 rings (SSSR count). The van der Waals surface area contributed by atoms with E-state index in [2.05, 4.69) is 13.2 Å². The van der Waals surface area contributed by atoms with Crippen LogP contribution in [0.2, 0.25) is 0 Å². The van der Waals surface area contributed by atoms with Crippen LogP contribution in [0.5, 0.6) is 0 Å². The lowest BCUT2D eigenvalue weighted by Crippen LogP contribution is -2.48. The molecule has 11 nitrogen and oxygen atoms in total. The summed E-state index contributed by atoms with van der Waals surface area (Å²) in [5.74, 6) is -1.16. The van der Waals surface area contributed by atoms with Crippen molar-refractivity contribution in [3.63, 3.8) is 0 Å². The molecular weight excluding hydrogens is 789 g/mol. The van der Waals surface area contributed by atoms with Gasteiger partial charge in [0.05, 0.1) is 57.4 Å². The zero-order valence-corrected chi connectivity index (χ0v) is 34.7. The molecule has 7 atom stereocenters. The molecule has 1 aliphatic rings. The van der Waals surface area contributed by atoms with Crippen molar-refractivity contribution in [2.24, 2.45) is 0 Å². The average Bonchev–Trinajstić information content (AvgIpc) is 3.65. The minimum Gasteiger partial charge on any atom is -0.459 e. The second kappa shape index (κ2) is 25.2. The van der Waals surface area contributed by atoms with Gasteiger partial charge in [0.25, 0.3) is 0 Å². The molecule has 0 aliphatic carbocycles. The van der Waals surface area contributed by atoms with Crippen LogP contribution in [-0.2, 0) is 62.5 Å². The van der Waals surface area contributed by atoms with Gasteiger partial charge in [0, 0.05) is 0 Å². The smallest absolute Gasteiger partial charge is 0.338 e. The molecular formula is C51H54O11. The fraction of sp³-hybridized carbons (Fsp3) is 0.294. The first kappa shape index (κ1) is 45.8. The summed E-state index contributed by atoms with van der Waals surface area (Å²) >= 11 is 0. The number of ether oxygens (including phenoxy) is 9. The van der Waals surface area contributed by atoms with Crippen molar-refractivity contribution < 1.29 is 52.2 Å². The van der Waals surface area contributed by atoms with Crippen LogP contribution in [0.1, 0.15) is 37.4 Å². The first-order valence-corrected chi connectivity index (χ1v) is 20.6. The zero-order valence-electron chi connectivity index (χ0n) is 34.7. The van der Waals surface area contributed by atoms with Crippen LogP contribution in [-0.4, -0.2) is 87.9 Å². The number of esters is 2. The highest BCUT2D eigenvalue weighted by Crippen LogP contribution is 2.31. The first-order valence-electron chi connectivity index (χ1n) is 20.6. The van der Waals surface area contributed by atoms with E-state index in [0.29, 0.717) is 11.1 Å². The van der Waals surface area contributed by atoms with Gasteiger partial charge in [-0.15, -0.1) is 13.2 Å². The fourth-order valence-electron chi connectivity index (χ4n) is 6.76. The molecule has 0 radical (unpaired) electrons. The molecule has 0 amide bonds. The van der Waals surface area contributed by atoms with E-state index < -0.39 is 54.9 Å². The molecule has 5 aromatic carbocycles. The van der Waals surface area contributed by atoms with Gasteiger partial charge in [0.1, 0.15) is 37.1 Å². The van der Waals surface area contributed by atoms with Gasteiger partial charge in [-0.25, -0.2) is 9.59 Å². The van der Waals surface area contributed by atoms with Crippen LogP contribution in [0.15, 0.2) is 177 Å². The summed E-state index contributed by atoms with van der Waals surface area (Å²) in [6, 6.07) is 46.6. The van der Waals surface area contributed by atoms with E-state index in [1.165, 1.54) is 0 Å². The molecule has 1 fully saturated rings. The second-order valence-electron chi connectivity index (χ2n) is 14.4. The van der Waals surface area contributed by atoms with E-state index in [9.17, 15) is 9.59 Å². The summed E-state index contributed by atoms with van der Waals surface area (Å²) in [4.78, 5) is 26.8. The van der Waals surface area contributed by atoms with Crippen LogP contribution < -0.4 is 0 Å². The van der Waals surface area contributed by atoms with E-state index in [1.54, 1.807) is 66.7 Å². The Bertz CT molecular complexity index is 2050. The van der Waals surface area contributed by atoms with Gasteiger partial charge in [-0.2, -0.15) is 0 Å². The van der Waals surface area contributed by atoms with E-state index in [1.807, 2.05) is 97.1 Å². The quantitative estimate of drug-likeness (QED) is 0.0304. The maximum Gasteiger partial charge on any atom is 0.338 e. The molecule has 62 heavy (non-hydrogen) atoms. The molecule has 0 spiro atoms. The highest BCUT2D eigenvalue weighted by atomic mass is 16.7. The molecule has 1 saturated heterocycles. The van der Waals surface area contributed by atoms with Gasteiger partial charge in [-0.3, -0.25) is 0 Å². The Balaban J connectivity index is 1.31. The lowest BCUT2D eigenvalue weighted by Gasteiger charge is -2.34. The van der Waals surface area contributed by atoms with Gasteiger partial charge >= 0.3 is 11.9 Å². The number of hydrogen-bond donors (Lipinski definition) is 0. The summed E-state index contributed by atoms with van der Waals surface area (Å²) in [5, 5.41) is 0. The van der Waals surface area contributed by atoms with E-state index in [4.69, 9.17) is 42.6 Å². The normalized spacial score (nSPS) is 18.6. The predicted molar refractivity (Wildman–Crippen MR) is 233 cm³/mol. The molecule has 0 N–H and O–H groups in total. The molecule has 0 saturated carbocycles. The Morgan fingerprint density at radius 2 is 1.02 bits per heavy atom. The van der Waals surface area contributed by atoms with Crippen LogP contribution in [0.4, 0.5) is 0 Å². The van der Waals surface area contributed by atoms with Crippen molar-refractivity contribution in [2.75, 3.05) is 33.0 Å². The zero-order chi connectivity index (χ0) is 43.2. The molecule has 1 heterocycles. The molecule has 5 aromatic rings. The lowest BCUT2D eigenvalue weighted by molar-refractivity contribution is -0.217. The van der Waals surface area contributed by atoms with Crippen LogP contribution in [0.3, 0.4) is 0 Å².